The van der Waals surface area contributed by atoms with E-state index in [1.54, 1.807) is 7.11 Å². The first-order valence-electron chi connectivity index (χ1n) is 9.96. The van der Waals surface area contributed by atoms with Crippen LogP contribution >= 0.6 is 0 Å². The molecule has 146 valence electrons. The molecule has 0 aromatic heterocycles. The molecule has 2 aliphatic rings. The highest BCUT2D eigenvalue weighted by molar-refractivity contribution is 5.33. The summed E-state index contributed by atoms with van der Waals surface area (Å²) in [5, 5.41) is 9.94. The SMILES string of the molecule is CCOc1ccccc1CN1CCC2(CC1)CN(CCOC)CC2CO. The summed E-state index contributed by atoms with van der Waals surface area (Å²) in [6.07, 6.45) is 2.33. The van der Waals surface area contributed by atoms with Crippen molar-refractivity contribution in [2.45, 2.75) is 26.3 Å². The Morgan fingerprint density at radius 2 is 1.96 bits per heavy atom. The molecule has 5 nitrogen and oxygen atoms in total. The molecule has 2 fully saturated rings. The van der Waals surface area contributed by atoms with E-state index in [1.807, 2.05) is 13.0 Å². The predicted molar refractivity (Wildman–Crippen MR) is 103 cm³/mol. The van der Waals surface area contributed by atoms with Crippen molar-refractivity contribution < 1.29 is 14.6 Å². The van der Waals surface area contributed by atoms with Crippen LogP contribution in [0.5, 0.6) is 5.75 Å². The van der Waals surface area contributed by atoms with E-state index in [1.165, 1.54) is 18.4 Å². The number of rotatable bonds is 8. The lowest BCUT2D eigenvalue weighted by Crippen LogP contribution is -2.44. The van der Waals surface area contributed by atoms with Gasteiger partial charge in [0.05, 0.1) is 13.2 Å². The number of methoxy groups -OCH3 is 1. The first-order chi connectivity index (χ1) is 12.7. The van der Waals surface area contributed by atoms with Gasteiger partial charge < -0.3 is 19.5 Å². The third-order valence-electron chi connectivity index (χ3n) is 6.23. The van der Waals surface area contributed by atoms with Crippen molar-refractivity contribution in [1.82, 2.24) is 9.80 Å². The van der Waals surface area contributed by atoms with Crippen LogP contribution in [0.2, 0.25) is 0 Å². The van der Waals surface area contributed by atoms with Crippen LogP contribution in [0.4, 0.5) is 0 Å². The predicted octanol–water partition coefficient (Wildman–Crippen LogP) is 2.24. The molecular weight excluding hydrogens is 328 g/mol. The summed E-state index contributed by atoms with van der Waals surface area (Å²) in [4.78, 5) is 5.01. The fraction of sp³-hybridized carbons (Fsp3) is 0.714. The Kier molecular flexibility index (Phi) is 6.92. The number of para-hydroxylation sites is 1. The molecule has 0 radical (unpaired) electrons. The summed E-state index contributed by atoms with van der Waals surface area (Å²) in [6.45, 7) is 10.0. The Morgan fingerprint density at radius 3 is 2.65 bits per heavy atom. The largest absolute Gasteiger partial charge is 0.494 e. The third-order valence-corrected chi connectivity index (χ3v) is 6.23. The van der Waals surface area contributed by atoms with Gasteiger partial charge in [0.2, 0.25) is 0 Å². The van der Waals surface area contributed by atoms with E-state index >= 15 is 0 Å². The maximum atomic E-state index is 9.94. The van der Waals surface area contributed by atoms with Crippen LogP contribution in [-0.2, 0) is 11.3 Å². The number of nitrogens with zero attached hydrogens (tertiary/aromatic N) is 2. The van der Waals surface area contributed by atoms with Crippen molar-refractivity contribution >= 4 is 0 Å². The van der Waals surface area contributed by atoms with Crippen molar-refractivity contribution in [3.63, 3.8) is 0 Å². The van der Waals surface area contributed by atoms with Crippen molar-refractivity contribution in [3.05, 3.63) is 29.8 Å². The molecule has 1 N–H and O–H groups in total. The van der Waals surface area contributed by atoms with E-state index in [-0.39, 0.29) is 5.41 Å². The first-order valence-corrected chi connectivity index (χ1v) is 9.96. The molecule has 0 amide bonds. The van der Waals surface area contributed by atoms with E-state index < -0.39 is 0 Å². The van der Waals surface area contributed by atoms with Crippen molar-refractivity contribution in [2.24, 2.45) is 11.3 Å². The molecule has 2 aliphatic heterocycles. The van der Waals surface area contributed by atoms with E-state index in [0.717, 1.165) is 51.6 Å². The highest BCUT2D eigenvalue weighted by Crippen LogP contribution is 2.44. The molecule has 1 unspecified atom stereocenters. The molecule has 5 heteroatoms. The van der Waals surface area contributed by atoms with Gasteiger partial charge in [-0.15, -0.1) is 0 Å². The maximum Gasteiger partial charge on any atom is 0.123 e. The fourth-order valence-corrected chi connectivity index (χ4v) is 4.68. The number of aliphatic hydroxyl groups excluding tert-OH is 1. The number of hydrogen-bond donors (Lipinski definition) is 1. The minimum absolute atomic E-state index is 0.276. The average Bonchev–Trinajstić information content (AvgIpc) is 3.01. The Morgan fingerprint density at radius 1 is 1.19 bits per heavy atom. The van der Waals surface area contributed by atoms with Gasteiger partial charge in [-0.1, -0.05) is 18.2 Å². The summed E-state index contributed by atoms with van der Waals surface area (Å²) in [5.74, 6) is 1.41. The Labute approximate surface area is 157 Å². The number of hydrogen-bond acceptors (Lipinski definition) is 5. The minimum Gasteiger partial charge on any atom is -0.494 e. The lowest BCUT2D eigenvalue weighted by molar-refractivity contribution is 0.0474. The van der Waals surface area contributed by atoms with Gasteiger partial charge in [0.25, 0.3) is 0 Å². The van der Waals surface area contributed by atoms with Gasteiger partial charge in [0, 0.05) is 51.4 Å². The number of piperidine rings is 1. The zero-order valence-electron chi connectivity index (χ0n) is 16.3. The van der Waals surface area contributed by atoms with E-state index in [4.69, 9.17) is 9.47 Å². The van der Waals surface area contributed by atoms with Gasteiger partial charge in [0.15, 0.2) is 0 Å². The average molecular weight is 363 g/mol. The second-order valence-electron chi connectivity index (χ2n) is 7.79. The van der Waals surface area contributed by atoms with Crippen molar-refractivity contribution in [3.8, 4) is 5.75 Å². The van der Waals surface area contributed by atoms with Crippen LogP contribution in [0, 0.1) is 11.3 Å². The quantitative estimate of drug-likeness (QED) is 0.768. The maximum absolute atomic E-state index is 9.94. The Balaban J connectivity index is 1.58. The van der Waals surface area contributed by atoms with Gasteiger partial charge in [-0.2, -0.15) is 0 Å². The topological polar surface area (TPSA) is 45.2 Å². The number of aliphatic hydroxyl groups is 1. The van der Waals surface area contributed by atoms with E-state index in [0.29, 0.717) is 19.1 Å². The molecule has 1 atom stereocenters. The molecule has 2 saturated heterocycles. The normalized spacial score (nSPS) is 23.6. The molecule has 0 aliphatic carbocycles. The zero-order chi connectivity index (χ0) is 18.4. The molecule has 0 bridgehead atoms. The number of benzene rings is 1. The molecule has 1 spiro atoms. The summed E-state index contributed by atoms with van der Waals surface area (Å²) < 4.78 is 11.0. The highest BCUT2D eigenvalue weighted by atomic mass is 16.5. The molecule has 2 heterocycles. The minimum atomic E-state index is 0.276. The van der Waals surface area contributed by atoms with Crippen LogP contribution in [0.15, 0.2) is 24.3 Å². The lowest BCUT2D eigenvalue weighted by atomic mass is 9.71. The smallest absolute Gasteiger partial charge is 0.123 e. The van der Waals surface area contributed by atoms with Crippen molar-refractivity contribution in [2.75, 3.05) is 59.7 Å². The third kappa shape index (κ3) is 4.39. The molecule has 1 aromatic carbocycles. The van der Waals surface area contributed by atoms with Gasteiger partial charge in [0.1, 0.15) is 5.75 Å². The Bertz CT molecular complexity index is 558. The van der Waals surface area contributed by atoms with Gasteiger partial charge in [-0.05, 0) is 44.3 Å². The summed E-state index contributed by atoms with van der Waals surface area (Å²) >= 11 is 0. The van der Waals surface area contributed by atoms with Crippen LogP contribution in [0.25, 0.3) is 0 Å². The second-order valence-corrected chi connectivity index (χ2v) is 7.79. The number of ether oxygens (including phenoxy) is 2. The van der Waals surface area contributed by atoms with Crippen LogP contribution in [-0.4, -0.2) is 74.6 Å². The lowest BCUT2D eigenvalue weighted by Gasteiger charge is -2.42. The second kappa shape index (κ2) is 9.18. The zero-order valence-corrected chi connectivity index (χ0v) is 16.3. The Hall–Kier alpha value is -1.14. The van der Waals surface area contributed by atoms with E-state index in [2.05, 4.69) is 28.0 Å². The molecular formula is C21H34N2O3. The molecule has 1 aromatic rings. The standard InChI is InChI=1S/C21H34N2O3/c1-3-26-20-7-5-4-6-18(20)14-22-10-8-21(9-11-22)17-23(12-13-25-2)15-19(21)16-24/h4-7,19,24H,3,8-17H2,1-2H3. The fourth-order valence-electron chi connectivity index (χ4n) is 4.68. The van der Waals surface area contributed by atoms with Gasteiger partial charge >= 0.3 is 0 Å². The highest BCUT2D eigenvalue weighted by Gasteiger charge is 2.47. The number of likely N-dealkylation sites (tertiary alicyclic amines) is 2. The molecule has 3 rings (SSSR count). The molecule has 0 saturated carbocycles. The van der Waals surface area contributed by atoms with Gasteiger partial charge in [-0.3, -0.25) is 4.90 Å². The summed E-state index contributed by atoms with van der Waals surface area (Å²) in [6, 6.07) is 8.37. The van der Waals surface area contributed by atoms with Crippen LogP contribution in [0.3, 0.4) is 0 Å². The van der Waals surface area contributed by atoms with Crippen LogP contribution < -0.4 is 4.74 Å². The van der Waals surface area contributed by atoms with Crippen LogP contribution in [0.1, 0.15) is 25.3 Å². The summed E-state index contributed by atoms with van der Waals surface area (Å²) in [7, 11) is 1.76. The monoisotopic (exact) mass is 362 g/mol. The summed E-state index contributed by atoms with van der Waals surface area (Å²) in [5.41, 5.74) is 1.55. The van der Waals surface area contributed by atoms with E-state index in [9.17, 15) is 5.11 Å². The van der Waals surface area contributed by atoms with Crippen molar-refractivity contribution in [1.29, 1.82) is 0 Å². The first kappa shape index (κ1) is 19.6. The van der Waals surface area contributed by atoms with Gasteiger partial charge in [-0.25, -0.2) is 0 Å². The molecule has 26 heavy (non-hydrogen) atoms.